The number of aromatic nitrogens is 4. The molecule has 80 valence electrons. The Labute approximate surface area is 92.6 Å². The molecule has 0 saturated heterocycles. The van der Waals surface area contributed by atoms with E-state index >= 15 is 0 Å². The highest BCUT2D eigenvalue weighted by Gasteiger charge is 2.00. The summed E-state index contributed by atoms with van der Waals surface area (Å²) in [7, 11) is 1.88. The molecule has 0 unspecified atom stereocenters. The van der Waals surface area contributed by atoms with Gasteiger partial charge in [0.1, 0.15) is 18.2 Å². The Balaban J connectivity index is 2.00. The zero-order valence-corrected chi connectivity index (χ0v) is 8.75. The molecule has 16 heavy (non-hydrogen) atoms. The predicted molar refractivity (Wildman–Crippen MR) is 57.3 cm³/mol. The Morgan fingerprint density at radius 3 is 2.94 bits per heavy atom. The molecule has 2 aromatic rings. The van der Waals surface area contributed by atoms with Crippen molar-refractivity contribution in [2.45, 2.75) is 6.54 Å². The molecule has 0 saturated carbocycles. The smallest absolute Gasteiger partial charge is 0.151 e. The van der Waals surface area contributed by atoms with E-state index in [1.54, 1.807) is 18.5 Å². The Hall–Kier alpha value is -2.42. The summed E-state index contributed by atoms with van der Waals surface area (Å²) in [5.74, 6) is 1.54. The van der Waals surface area contributed by atoms with Crippen molar-refractivity contribution in [3.05, 3.63) is 36.0 Å². The normalized spacial score (nSPS) is 9.75. The summed E-state index contributed by atoms with van der Waals surface area (Å²) >= 11 is 0. The highest BCUT2D eigenvalue weighted by molar-refractivity contribution is 5.38. The van der Waals surface area contributed by atoms with Gasteiger partial charge in [-0.15, -0.1) is 10.2 Å². The number of nitriles is 1. The van der Waals surface area contributed by atoms with Gasteiger partial charge >= 0.3 is 0 Å². The van der Waals surface area contributed by atoms with Crippen LogP contribution in [0.5, 0.6) is 0 Å². The van der Waals surface area contributed by atoms with E-state index < -0.39 is 0 Å². The molecule has 0 aliphatic heterocycles. The zero-order valence-electron chi connectivity index (χ0n) is 8.75. The Bertz CT molecular complexity index is 507. The van der Waals surface area contributed by atoms with E-state index in [4.69, 9.17) is 5.26 Å². The van der Waals surface area contributed by atoms with Gasteiger partial charge in [0, 0.05) is 13.2 Å². The molecule has 2 aromatic heterocycles. The molecule has 6 nitrogen and oxygen atoms in total. The third-order valence-corrected chi connectivity index (χ3v) is 2.13. The molecule has 0 bridgehead atoms. The lowest BCUT2D eigenvalue weighted by atomic mass is 10.3. The second-order valence-corrected chi connectivity index (χ2v) is 3.26. The average molecular weight is 214 g/mol. The lowest BCUT2D eigenvalue weighted by molar-refractivity contribution is 0.810. The standard InChI is InChI=1S/C10H10N6/c1-16-7-14-15-10(16)6-13-9-3-2-8(4-11)5-12-9/h2-3,5,7H,6H2,1H3,(H,12,13). The maximum Gasteiger partial charge on any atom is 0.151 e. The van der Waals surface area contributed by atoms with E-state index in [0.717, 1.165) is 5.82 Å². The van der Waals surface area contributed by atoms with Crippen LogP contribution in [0.25, 0.3) is 0 Å². The fourth-order valence-corrected chi connectivity index (χ4v) is 1.20. The quantitative estimate of drug-likeness (QED) is 0.813. The van der Waals surface area contributed by atoms with Gasteiger partial charge in [0.05, 0.1) is 12.1 Å². The van der Waals surface area contributed by atoms with Gasteiger partial charge in [-0.25, -0.2) is 4.98 Å². The topological polar surface area (TPSA) is 79.4 Å². The summed E-state index contributed by atoms with van der Waals surface area (Å²) < 4.78 is 1.83. The Kier molecular flexibility index (Phi) is 2.78. The van der Waals surface area contributed by atoms with Crippen molar-refractivity contribution in [3.8, 4) is 6.07 Å². The Morgan fingerprint density at radius 2 is 2.38 bits per heavy atom. The minimum Gasteiger partial charge on any atom is -0.363 e. The van der Waals surface area contributed by atoms with E-state index in [1.165, 1.54) is 6.20 Å². The summed E-state index contributed by atoms with van der Waals surface area (Å²) in [6.45, 7) is 0.551. The number of hydrogen-bond donors (Lipinski definition) is 1. The first-order chi connectivity index (χ1) is 7.79. The first-order valence-electron chi connectivity index (χ1n) is 4.72. The monoisotopic (exact) mass is 214 g/mol. The van der Waals surface area contributed by atoms with Crippen LogP contribution in [0.3, 0.4) is 0 Å². The van der Waals surface area contributed by atoms with Crippen molar-refractivity contribution in [1.29, 1.82) is 5.26 Å². The molecule has 1 N–H and O–H groups in total. The van der Waals surface area contributed by atoms with Crippen molar-refractivity contribution >= 4 is 5.82 Å². The molecule has 0 amide bonds. The van der Waals surface area contributed by atoms with Crippen LogP contribution in [0.1, 0.15) is 11.4 Å². The molecular formula is C10H10N6. The molecule has 6 heteroatoms. The molecule has 0 aliphatic carbocycles. The van der Waals surface area contributed by atoms with Crippen LogP contribution < -0.4 is 5.32 Å². The van der Waals surface area contributed by atoms with Crippen LogP contribution in [0.4, 0.5) is 5.82 Å². The third kappa shape index (κ3) is 2.15. The van der Waals surface area contributed by atoms with Gasteiger partial charge in [-0.05, 0) is 12.1 Å². The van der Waals surface area contributed by atoms with Crippen LogP contribution in [0.15, 0.2) is 24.7 Å². The van der Waals surface area contributed by atoms with Gasteiger partial charge in [0.15, 0.2) is 5.82 Å². The maximum atomic E-state index is 8.61. The number of aryl methyl sites for hydroxylation is 1. The molecule has 0 fully saturated rings. The van der Waals surface area contributed by atoms with E-state index in [0.29, 0.717) is 17.9 Å². The molecule has 0 spiro atoms. The fraction of sp³-hybridized carbons (Fsp3) is 0.200. The van der Waals surface area contributed by atoms with Crippen LogP contribution in [-0.2, 0) is 13.6 Å². The number of hydrogen-bond acceptors (Lipinski definition) is 5. The zero-order chi connectivity index (χ0) is 11.4. The summed E-state index contributed by atoms with van der Waals surface area (Å²) in [6, 6.07) is 5.49. The van der Waals surface area contributed by atoms with E-state index in [-0.39, 0.29) is 0 Å². The first kappa shape index (κ1) is 10.1. The number of nitrogens with zero attached hydrogens (tertiary/aromatic N) is 5. The van der Waals surface area contributed by atoms with Crippen LogP contribution in [-0.4, -0.2) is 19.7 Å². The van der Waals surface area contributed by atoms with E-state index in [1.807, 2.05) is 17.7 Å². The highest BCUT2D eigenvalue weighted by atomic mass is 15.3. The van der Waals surface area contributed by atoms with Gasteiger partial charge in [-0.2, -0.15) is 5.26 Å². The second kappa shape index (κ2) is 4.40. The van der Waals surface area contributed by atoms with Crippen molar-refractivity contribution in [2.24, 2.45) is 7.05 Å². The largest absolute Gasteiger partial charge is 0.363 e. The number of anilines is 1. The minimum absolute atomic E-state index is 0.546. The van der Waals surface area contributed by atoms with Crippen molar-refractivity contribution in [2.75, 3.05) is 5.32 Å². The van der Waals surface area contributed by atoms with Gasteiger partial charge in [0.2, 0.25) is 0 Å². The summed E-state index contributed by atoms with van der Waals surface area (Å²) in [5.41, 5.74) is 0.546. The lowest BCUT2D eigenvalue weighted by Crippen LogP contribution is -2.06. The van der Waals surface area contributed by atoms with Gasteiger partial charge < -0.3 is 9.88 Å². The van der Waals surface area contributed by atoms with Crippen LogP contribution in [0.2, 0.25) is 0 Å². The van der Waals surface area contributed by atoms with Crippen molar-refractivity contribution < 1.29 is 0 Å². The summed E-state index contributed by atoms with van der Waals surface area (Å²) in [5, 5.41) is 19.4. The van der Waals surface area contributed by atoms with Crippen LogP contribution >= 0.6 is 0 Å². The molecule has 0 radical (unpaired) electrons. The van der Waals surface area contributed by atoms with Gasteiger partial charge in [-0.3, -0.25) is 0 Å². The van der Waals surface area contributed by atoms with E-state index in [2.05, 4.69) is 20.5 Å². The number of rotatable bonds is 3. The number of pyridine rings is 1. The fourth-order valence-electron chi connectivity index (χ4n) is 1.20. The maximum absolute atomic E-state index is 8.61. The molecular weight excluding hydrogens is 204 g/mol. The Morgan fingerprint density at radius 1 is 1.50 bits per heavy atom. The number of nitrogens with one attached hydrogen (secondary N) is 1. The first-order valence-corrected chi connectivity index (χ1v) is 4.72. The SMILES string of the molecule is Cn1cnnc1CNc1ccc(C#N)cn1. The summed E-state index contributed by atoms with van der Waals surface area (Å²) in [6.07, 6.45) is 3.17. The highest BCUT2D eigenvalue weighted by Crippen LogP contribution is 2.05. The van der Waals surface area contributed by atoms with Crippen LogP contribution in [0, 0.1) is 11.3 Å². The summed E-state index contributed by atoms with van der Waals surface area (Å²) in [4.78, 5) is 4.09. The van der Waals surface area contributed by atoms with Gasteiger partial charge in [0.25, 0.3) is 0 Å². The van der Waals surface area contributed by atoms with Crippen molar-refractivity contribution in [1.82, 2.24) is 19.7 Å². The predicted octanol–water partition coefficient (Wildman–Crippen LogP) is 0.694. The molecule has 0 aromatic carbocycles. The average Bonchev–Trinajstić information content (AvgIpc) is 2.73. The molecule has 0 atom stereocenters. The third-order valence-electron chi connectivity index (χ3n) is 2.13. The van der Waals surface area contributed by atoms with Crippen molar-refractivity contribution in [3.63, 3.8) is 0 Å². The molecule has 2 heterocycles. The van der Waals surface area contributed by atoms with E-state index in [9.17, 15) is 0 Å². The molecule has 2 rings (SSSR count). The lowest BCUT2D eigenvalue weighted by Gasteiger charge is -2.04. The minimum atomic E-state index is 0.546. The molecule has 0 aliphatic rings. The van der Waals surface area contributed by atoms with Gasteiger partial charge in [-0.1, -0.05) is 0 Å². The second-order valence-electron chi connectivity index (χ2n) is 3.26.